The van der Waals surface area contributed by atoms with E-state index >= 15 is 0 Å². The van der Waals surface area contributed by atoms with Gasteiger partial charge in [-0.05, 0) is 42.5 Å². The van der Waals surface area contributed by atoms with Crippen molar-refractivity contribution in [1.29, 1.82) is 0 Å². The normalized spacial score (nSPS) is 11.8. The Morgan fingerprint density at radius 2 is 1.26 bits per heavy atom. The predicted octanol–water partition coefficient (Wildman–Crippen LogP) is 9.78. The lowest BCUT2D eigenvalue weighted by Gasteiger charge is -2.10. The summed E-state index contributed by atoms with van der Waals surface area (Å²) in [5.41, 5.74) is 7.88. The molecule has 0 radical (unpaired) electrons. The van der Waals surface area contributed by atoms with Crippen molar-refractivity contribution in [2.45, 2.75) is 0 Å². The first-order valence-corrected chi connectivity index (χ1v) is 13.8. The molecule has 0 atom stereocenters. The monoisotopic (exact) mass is 517 g/mol. The number of pyridine rings is 1. The van der Waals surface area contributed by atoms with Crippen molar-refractivity contribution in [2.24, 2.45) is 0 Å². The second kappa shape index (κ2) is 8.29. The van der Waals surface area contributed by atoms with E-state index in [1.165, 1.54) is 36.6 Å². The molecular formula is C35H23N3S. The molecule has 0 amide bonds. The van der Waals surface area contributed by atoms with E-state index in [-0.39, 0.29) is 0 Å². The summed E-state index contributed by atoms with van der Waals surface area (Å²) in [7, 11) is 0. The summed E-state index contributed by atoms with van der Waals surface area (Å²) in [5, 5.41) is 6.06. The van der Waals surface area contributed by atoms with Crippen LogP contribution in [0, 0.1) is 0 Å². The minimum absolute atomic E-state index is 1.03. The van der Waals surface area contributed by atoms with Crippen LogP contribution in [0.3, 0.4) is 0 Å². The molecule has 0 spiro atoms. The molecule has 39 heavy (non-hydrogen) atoms. The fourth-order valence-electron chi connectivity index (χ4n) is 6.12. The topological polar surface area (TPSA) is 22.8 Å². The number of hydrogen-bond donors (Lipinski definition) is 0. The third-order valence-electron chi connectivity index (χ3n) is 7.77. The van der Waals surface area contributed by atoms with Gasteiger partial charge in [0.15, 0.2) is 0 Å². The molecule has 4 aromatic carbocycles. The van der Waals surface area contributed by atoms with Gasteiger partial charge in [-0.1, -0.05) is 73.8 Å². The van der Waals surface area contributed by atoms with Crippen LogP contribution in [0.1, 0.15) is 11.3 Å². The molecule has 0 N–H and O–H groups in total. The van der Waals surface area contributed by atoms with Crippen LogP contribution in [-0.4, -0.2) is 14.1 Å². The maximum atomic E-state index is 4.74. The van der Waals surface area contributed by atoms with Crippen molar-refractivity contribution in [3.05, 3.63) is 128 Å². The van der Waals surface area contributed by atoms with Crippen molar-refractivity contribution in [2.75, 3.05) is 0 Å². The first kappa shape index (κ1) is 22.1. The average Bonchev–Trinajstić information content (AvgIpc) is 3.64. The fraction of sp³-hybridized carbons (Fsp3) is 0. The number of benzene rings is 4. The van der Waals surface area contributed by atoms with Crippen LogP contribution in [0.2, 0.25) is 0 Å². The first-order valence-electron chi connectivity index (χ1n) is 13.0. The maximum absolute atomic E-state index is 4.74. The Kier molecular flexibility index (Phi) is 4.69. The summed E-state index contributed by atoms with van der Waals surface area (Å²) in [4.78, 5) is 4.74. The van der Waals surface area contributed by atoms with Crippen LogP contribution >= 0.6 is 11.3 Å². The van der Waals surface area contributed by atoms with Gasteiger partial charge >= 0.3 is 0 Å². The molecule has 3 nitrogen and oxygen atoms in total. The minimum atomic E-state index is 1.03. The molecule has 0 aliphatic rings. The lowest BCUT2D eigenvalue weighted by molar-refractivity contribution is 1.10. The lowest BCUT2D eigenvalue weighted by atomic mass is 10.1. The number of nitrogens with zero attached hydrogens (tertiary/aromatic N) is 3. The zero-order valence-corrected chi connectivity index (χ0v) is 22.0. The zero-order chi connectivity index (χ0) is 26.1. The molecule has 4 heteroatoms. The number of thiophene rings is 1. The Balaban J connectivity index is 1.43. The van der Waals surface area contributed by atoms with Crippen molar-refractivity contribution < 1.29 is 0 Å². The quantitative estimate of drug-likeness (QED) is 0.228. The van der Waals surface area contributed by atoms with Crippen LogP contribution in [0.5, 0.6) is 0 Å². The third-order valence-corrected chi connectivity index (χ3v) is 8.98. The number of para-hydroxylation sites is 3. The molecule has 8 aromatic rings. The number of aromatic nitrogens is 3. The summed E-state index contributed by atoms with van der Waals surface area (Å²) in [6, 6.07) is 32.5. The van der Waals surface area contributed by atoms with Crippen LogP contribution in [-0.2, 0) is 0 Å². The molecule has 0 aliphatic carbocycles. The van der Waals surface area contributed by atoms with Crippen LogP contribution in [0.4, 0.5) is 0 Å². The van der Waals surface area contributed by atoms with E-state index in [0.29, 0.717) is 0 Å². The van der Waals surface area contributed by atoms with Gasteiger partial charge in [0.25, 0.3) is 0 Å². The second-order valence-electron chi connectivity index (χ2n) is 9.75. The lowest BCUT2D eigenvalue weighted by Crippen LogP contribution is -1.98. The van der Waals surface area contributed by atoms with E-state index < -0.39 is 0 Å². The molecule has 4 aromatic heterocycles. The minimum Gasteiger partial charge on any atom is -0.309 e. The third kappa shape index (κ3) is 3.01. The standard InChI is InChI=1S/C35H23N3S/c1-3-23-24-11-5-10-16-32(24)38(29(23)4-2)33-21-36-20-28-27-19-22(17-18-34(27)39-35(28)33)37-30-14-8-6-12-25(30)26-13-7-9-15-31(26)37/h3-21H,1-2H2. The van der Waals surface area contributed by atoms with Gasteiger partial charge in [-0.2, -0.15) is 0 Å². The van der Waals surface area contributed by atoms with Crippen LogP contribution < -0.4 is 0 Å². The summed E-state index contributed by atoms with van der Waals surface area (Å²) in [5.74, 6) is 0. The molecule has 0 saturated heterocycles. The Bertz CT molecular complexity index is 2220. The highest BCUT2D eigenvalue weighted by atomic mass is 32.1. The molecule has 0 aliphatic heterocycles. The van der Waals surface area contributed by atoms with E-state index in [1.54, 1.807) is 0 Å². The smallest absolute Gasteiger partial charge is 0.0825 e. The highest BCUT2D eigenvalue weighted by molar-refractivity contribution is 7.26. The molecule has 184 valence electrons. The molecule has 0 fully saturated rings. The molecular weight excluding hydrogens is 494 g/mol. The summed E-state index contributed by atoms with van der Waals surface area (Å²) < 4.78 is 7.09. The fourth-order valence-corrected chi connectivity index (χ4v) is 7.28. The van der Waals surface area contributed by atoms with E-state index in [2.05, 4.69) is 113 Å². The van der Waals surface area contributed by atoms with Crippen molar-refractivity contribution in [1.82, 2.24) is 14.1 Å². The van der Waals surface area contributed by atoms with Gasteiger partial charge < -0.3 is 9.13 Å². The van der Waals surface area contributed by atoms with Gasteiger partial charge in [0.1, 0.15) is 0 Å². The Hall–Kier alpha value is -4.93. The Morgan fingerprint density at radius 3 is 1.92 bits per heavy atom. The summed E-state index contributed by atoms with van der Waals surface area (Å²) >= 11 is 1.81. The Labute approximate surface area is 229 Å². The molecule has 0 saturated carbocycles. The van der Waals surface area contributed by atoms with Crippen LogP contribution in [0.15, 0.2) is 117 Å². The van der Waals surface area contributed by atoms with E-state index in [9.17, 15) is 0 Å². The first-order chi connectivity index (χ1) is 19.3. The van der Waals surface area contributed by atoms with Gasteiger partial charge in [-0.25, -0.2) is 0 Å². The molecule has 8 rings (SSSR count). The summed E-state index contributed by atoms with van der Waals surface area (Å²) in [6.45, 7) is 8.24. The zero-order valence-electron chi connectivity index (χ0n) is 21.1. The molecule has 0 unspecified atom stereocenters. The molecule has 4 heterocycles. The predicted molar refractivity (Wildman–Crippen MR) is 168 cm³/mol. The van der Waals surface area contributed by atoms with Gasteiger partial charge in [0.2, 0.25) is 0 Å². The summed E-state index contributed by atoms with van der Waals surface area (Å²) in [6.07, 6.45) is 7.81. The van der Waals surface area contributed by atoms with Gasteiger partial charge in [0, 0.05) is 49.1 Å². The van der Waals surface area contributed by atoms with Gasteiger partial charge in [-0.3, -0.25) is 4.98 Å². The van der Waals surface area contributed by atoms with Crippen molar-refractivity contribution in [3.63, 3.8) is 0 Å². The van der Waals surface area contributed by atoms with E-state index in [0.717, 1.165) is 38.9 Å². The SMILES string of the molecule is C=Cc1c(C=C)n(-c2cncc3c2sc2ccc(-n4c5ccccc5c5ccccc54)cc23)c2ccccc12. The second-order valence-corrected chi connectivity index (χ2v) is 10.8. The van der Waals surface area contributed by atoms with Gasteiger partial charge in [0.05, 0.1) is 38.8 Å². The number of fused-ring (bicyclic) bond motifs is 7. The highest BCUT2D eigenvalue weighted by Crippen LogP contribution is 2.41. The largest absolute Gasteiger partial charge is 0.309 e. The maximum Gasteiger partial charge on any atom is 0.0825 e. The average molecular weight is 518 g/mol. The van der Waals surface area contributed by atoms with Crippen LogP contribution in [0.25, 0.3) is 76.4 Å². The van der Waals surface area contributed by atoms with Crippen molar-refractivity contribution >= 4 is 76.4 Å². The number of rotatable bonds is 4. The van der Waals surface area contributed by atoms with E-state index in [4.69, 9.17) is 4.98 Å². The number of hydrogen-bond acceptors (Lipinski definition) is 2. The van der Waals surface area contributed by atoms with E-state index in [1.807, 2.05) is 35.9 Å². The van der Waals surface area contributed by atoms with Gasteiger partial charge in [-0.15, -0.1) is 11.3 Å². The molecule has 0 bridgehead atoms. The Morgan fingerprint density at radius 1 is 0.615 bits per heavy atom. The highest BCUT2D eigenvalue weighted by Gasteiger charge is 2.19. The van der Waals surface area contributed by atoms with Crippen molar-refractivity contribution in [3.8, 4) is 11.4 Å².